The Morgan fingerprint density at radius 2 is 2.22 bits per heavy atom. The summed E-state index contributed by atoms with van der Waals surface area (Å²) in [7, 11) is 1.63. The van der Waals surface area contributed by atoms with Gasteiger partial charge in [0.15, 0.2) is 5.82 Å². The Morgan fingerprint density at radius 3 is 3.04 bits per heavy atom. The standard InChI is InChI=1S/C18H18ClN5O2S/c1-3-16-21-22-17-13-9-12(10-20-18(13)26-7-6-24(16)17)23-27-15-8-11(19)4-5-14(15)25-2/h4-5,8-10,23H,3,6-7H2,1-2H3. The van der Waals surface area contributed by atoms with Gasteiger partial charge in [-0.3, -0.25) is 0 Å². The lowest BCUT2D eigenvalue weighted by atomic mass is 10.2. The predicted octanol–water partition coefficient (Wildman–Crippen LogP) is 4.08. The highest BCUT2D eigenvalue weighted by Crippen LogP contribution is 2.35. The Balaban J connectivity index is 1.63. The Hall–Kier alpha value is -2.45. The number of methoxy groups -OCH3 is 1. The zero-order valence-electron chi connectivity index (χ0n) is 14.9. The molecule has 0 saturated carbocycles. The third-order valence-electron chi connectivity index (χ3n) is 4.19. The smallest absolute Gasteiger partial charge is 0.224 e. The average molecular weight is 404 g/mol. The molecular weight excluding hydrogens is 386 g/mol. The maximum Gasteiger partial charge on any atom is 0.224 e. The van der Waals surface area contributed by atoms with Gasteiger partial charge in [0.2, 0.25) is 5.88 Å². The maximum atomic E-state index is 6.10. The molecule has 0 radical (unpaired) electrons. The minimum Gasteiger partial charge on any atom is -0.496 e. The molecule has 0 spiro atoms. The topological polar surface area (TPSA) is 74.1 Å². The minimum absolute atomic E-state index is 0.541. The van der Waals surface area contributed by atoms with Gasteiger partial charge in [-0.15, -0.1) is 10.2 Å². The van der Waals surface area contributed by atoms with E-state index in [1.165, 1.54) is 11.9 Å². The van der Waals surface area contributed by atoms with Crippen LogP contribution in [0, 0.1) is 0 Å². The molecular formula is C18H18ClN5O2S. The highest BCUT2D eigenvalue weighted by Gasteiger charge is 2.21. The fraction of sp³-hybridized carbons (Fsp3) is 0.278. The molecule has 140 valence electrons. The molecule has 0 bridgehead atoms. The summed E-state index contributed by atoms with van der Waals surface area (Å²) in [4.78, 5) is 5.33. The van der Waals surface area contributed by atoms with Crippen molar-refractivity contribution in [1.82, 2.24) is 19.7 Å². The van der Waals surface area contributed by atoms with Gasteiger partial charge in [-0.25, -0.2) is 4.98 Å². The van der Waals surface area contributed by atoms with Crippen LogP contribution < -0.4 is 14.2 Å². The quantitative estimate of drug-likeness (QED) is 0.643. The number of benzene rings is 1. The molecule has 7 nitrogen and oxygen atoms in total. The van der Waals surface area contributed by atoms with E-state index in [1.807, 2.05) is 18.2 Å². The number of fused-ring (bicyclic) bond motifs is 3. The molecule has 0 atom stereocenters. The fourth-order valence-corrected chi connectivity index (χ4v) is 3.91. The molecule has 27 heavy (non-hydrogen) atoms. The van der Waals surface area contributed by atoms with E-state index in [0.717, 1.165) is 40.0 Å². The third kappa shape index (κ3) is 3.54. The largest absolute Gasteiger partial charge is 0.496 e. The number of ether oxygens (including phenoxy) is 2. The normalized spacial score (nSPS) is 12.6. The number of hydrogen-bond donors (Lipinski definition) is 1. The molecule has 1 aliphatic rings. The molecule has 3 aromatic rings. The molecule has 0 saturated heterocycles. The lowest BCUT2D eigenvalue weighted by molar-refractivity contribution is 0.294. The van der Waals surface area contributed by atoms with Gasteiger partial charge in [-0.1, -0.05) is 18.5 Å². The van der Waals surface area contributed by atoms with Gasteiger partial charge in [0.05, 0.1) is 36.0 Å². The van der Waals surface area contributed by atoms with E-state index in [-0.39, 0.29) is 0 Å². The van der Waals surface area contributed by atoms with Gasteiger partial charge in [0, 0.05) is 11.4 Å². The lowest BCUT2D eigenvalue weighted by Crippen LogP contribution is -2.09. The third-order valence-corrected chi connectivity index (χ3v) is 5.31. The SMILES string of the molecule is CCc1nnc2n1CCOc1ncc(NSc3cc(Cl)ccc3OC)cc1-2. The van der Waals surface area contributed by atoms with Crippen molar-refractivity contribution in [3.8, 4) is 23.0 Å². The van der Waals surface area contributed by atoms with Crippen LogP contribution in [0.4, 0.5) is 5.69 Å². The molecule has 4 rings (SSSR count). The number of hydrogen-bond acceptors (Lipinski definition) is 7. The Morgan fingerprint density at radius 1 is 1.33 bits per heavy atom. The first-order chi connectivity index (χ1) is 13.2. The zero-order valence-corrected chi connectivity index (χ0v) is 16.5. The number of aromatic nitrogens is 4. The first kappa shape index (κ1) is 17.9. The minimum atomic E-state index is 0.541. The average Bonchev–Trinajstić information content (AvgIpc) is 3.01. The van der Waals surface area contributed by atoms with Crippen LogP contribution in [0.5, 0.6) is 11.6 Å². The first-order valence-electron chi connectivity index (χ1n) is 8.51. The lowest BCUT2D eigenvalue weighted by Gasteiger charge is -2.11. The highest BCUT2D eigenvalue weighted by atomic mass is 35.5. The van der Waals surface area contributed by atoms with E-state index < -0.39 is 0 Å². The van der Waals surface area contributed by atoms with Gasteiger partial charge in [0.25, 0.3) is 0 Å². The Kier molecular flexibility index (Phi) is 5.09. The molecule has 2 aromatic heterocycles. The van der Waals surface area contributed by atoms with Gasteiger partial charge >= 0.3 is 0 Å². The molecule has 1 N–H and O–H groups in total. The van der Waals surface area contributed by atoms with Crippen molar-refractivity contribution >= 4 is 29.2 Å². The van der Waals surface area contributed by atoms with Crippen molar-refractivity contribution in [2.24, 2.45) is 0 Å². The summed E-state index contributed by atoms with van der Waals surface area (Å²) in [6.07, 6.45) is 2.55. The monoisotopic (exact) mass is 403 g/mol. The van der Waals surface area contributed by atoms with Gasteiger partial charge in [0.1, 0.15) is 18.2 Å². The summed E-state index contributed by atoms with van der Waals surface area (Å²) >= 11 is 7.50. The van der Waals surface area contributed by atoms with Crippen LogP contribution in [0.25, 0.3) is 11.4 Å². The van der Waals surface area contributed by atoms with E-state index in [9.17, 15) is 0 Å². The van der Waals surface area contributed by atoms with Crippen molar-refractivity contribution in [2.45, 2.75) is 24.8 Å². The molecule has 3 heterocycles. The van der Waals surface area contributed by atoms with E-state index in [4.69, 9.17) is 21.1 Å². The van der Waals surface area contributed by atoms with Gasteiger partial charge in [-0.2, -0.15) is 0 Å². The van der Waals surface area contributed by atoms with Crippen LogP contribution in [0.3, 0.4) is 0 Å². The summed E-state index contributed by atoms with van der Waals surface area (Å²) in [6, 6.07) is 7.45. The van der Waals surface area contributed by atoms with Crippen molar-refractivity contribution in [3.63, 3.8) is 0 Å². The summed E-state index contributed by atoms with van der Waals surface area (Å²) in [6.45, 7) is 3.31. The van der Waals surface area contributed by atoms with E-state index >= 15 is 0 Å². The summed E-state index contributed by atoms with van der Waals surface area (Å²) < 4.78 is 16.5. The molecule has 1 aromatic carbocycles. The summed E-state index contributed by atoms with van der Waals surface area (Å²) in [5.41, 5.74) is 1.64. The molecule has 0 unspecified atom stereocenters. The van der Waals surface area contributed by atoms with Crippen LogP contribution >= 0.6 is 23.5 Å². The maximum absolute atomic E-state index is 6.10. The number of halogens is 1. The van der Waals surface area contributed by atoms with E-state index in [2.05, 4.69) is 31.4 Å². The summed E-state index contributed by atoms with van der Waals surface area (Å²) in [5, 5.41) is 9.28. The number of rotatable bonds is 5. The second kappa shape index (κ2) is 7.66. The first-order valence-corrected chi connectivity index (χ1v) is 9.70. The molecule has 9 heteroatoms. The Bertz CT molecular complexity index is 978. The zero-order chi connectivity index (χ0) is 18.8. The highest BCUT2D eigenvalue weighted by molar-refractivity contribution is 8.00. The van der Waals surface area contributed by atoms with E-state index in [1.54, 1.807) is 19.4 Å². The fourth-order valence-electron chi connectivity index (χ4n) is 2.89. The molecule has 1 aliphatic heterocycles. The Labute approximate surface area is 166 Å². The van der Waals surface area contributed by atoms with Crippen LogP contribution in [0.15, 0.2) is 35.4 Å². The van der Waals surface area contributed by atoms with Crippen molar-refractivity contribution < 1.29 is 9.47 Å². The van der Waals surface area contributed by atoms with Crippen LogP contribution in [0.2, 0.25) is 5.02 Å². The molecule has 0 amide bonds. The number of pyridine rings is 1. The number of aryl methyl sites for hydroxylation is 1. The number of anilines is 1. The van der Waals surface area contributed by atoms with Gasteiger partial charge in [-0.05, 0) is 36.2 Å². The number of nitrogens with one attached hydrogen (secondary N) is 1. The second-order valence-electron chi connectivity index (χ2n) is 5.87. The summed E-state index contributed by atoms with van der Waals surface area (Å²) in [5.74, 6) is 3.04. The van der Waals surface area contributed by atoms with Crippen molar-refractivity contribution in [1.29, 1.82) is 0 Å². The van der Waals surface area contributed by atoms with Crippen LogP contribution in [0.1, 0.15) is 12.7 Å². The predicted molar refractivity (Wildman–Crippen MR) is 106 cm³/mol. The van der Waals surface area contributed by atoms with Crippen LogP contribution in [-0.2, 0) is 13.0 Å². The molecule has 0 fully saturated rings. The van der Waals surface area contributed by atoms with Crippen molar-refractivity contribution in [3.05, 3.63) is 41.3 Å². The van der Waals surface area contributed by atoms with Gasteiger partial charge < -0.3 is 18.8 Å². The van der Waals surface area contributed by atoms with E-state index in [0.29, 0.717) is 24.1 Å². The van der Waals surface area contributed by atoms with Crippen LogP contribution in [-0.4, -0.2) is 33.5 Å². The second-order valence-corrected chi connectivity index (χ2v) is 7.15. The van der Waals surface area contributed by atoms with Crippen molar-refractivity contribution in [2.75, 3.05) is 18.4 Å². The number of nitrogens with zero attached hydrogens (tertiary/aromatic N) is 4. The molecule has 0 aliphatic carbocycles.